The molecule has 9 nitrogen and oxygen atoms in total. The van der Waals surface area contributed by atoms with E-state index in [0.717, 1.165) is 0 Å². The zero-order chi connectivity index (χ0) is 21.8. The van der Waals surface area contributed by atoms with E-state index in [-0.39, 0.29) is 24.4 Å². The smallest absolute Gasteiger partial charge is 0.383 e. The predicted molar refractivity (Wildman–Crippen MR) is 113 cm³/mol. The van der Waals surface area contributed by atoms with E-state index in [1.807, 2.05) is 13.8 Å². The molecule has 0 amide bonds. The molecule has 1 aliphatic heterocycles. The number of anilines is 1. The quantitative estimate of drug-likeness (QED) is 0.339. The summed E-state index contributed by atoms with van der Waals surface area (Å²) in [4.78, 5) is 16.1. The monoisotopic (exact) mass is 445 g/mol. The van der Waals surface area contributed by atoms with E-state index in [2.05, 4.69) is 23.2 Å². The minimum Gasteiger partial charge on any atom is -0.383 e. The van der Waals surface area contributed by atoms with Crippen LogP contribution in [0.3, 0.4) is 0 Å². The number of hydrogen-bond donors (Lipinski definition) is 2. The fraction of sp³-hybridized carbons (Fsp3) is 0.667. The van der Waals surface area contributed by atoms with Crippen molar-refractivity contribution in [1.29, 1.82) is 0 Å². The van der Waals surface area contributed by atoms with Gasteiger partial charge < -0.3 is 15.2 Å². The second-order valence-electron chi connectivity index (χ2n) is 7.41. The van der Waals surface area contributed by atoms with Crippen LogP contribution in [0.2, 0.25) is 0 Å². The Bertz CT molecular complexity index is 840. The van der Waals surface area contributed by atoms with Gasteiger partial charge in [0.15, 0.2) is 6.23 Å². The number of aromatic nitrogens is 2. The van der Waals surface area contributed by atoms with Gasteiger partial charge in [0, 0.05) is 6.20 Å². The lowest BCUT2D eigenvalue weighted by Crippen LogP contribution is -2.39. The van der Waals surface area contributed by atoms with E-state index in [4.69, 9.17) is 30.7 Å². The van der Waals surface area contributed by atoms with Crippen molar-refractivity contribution in [3.05, 3.63) is 22.7 Å². The lowest BCUT2D eigenvalue weighted by Gasteiger charge is -2.27. The maximum Gasteiger partial charge on any atom is 0.386 e. The van der Waals surface area contributed by atoms with Crippen LogP contribution in [0.15, 0.2) is 17.1 Å². The normalized spacial score (nSPS) is 26.6. The van der Waals surface area contributed by atoms with Crippen LogP contribution in [0.5, 0.6) is 0 Å². The third kappa shape index (κ3) is 6.57. The Morgan fingerprint density at radius 2 is 2.10 bits per heavy atom. The van der Waals surface area contributed by atoms with Crippen LogP contribution in [0.25, 0.3) is 0 Å². The second kappa shape index (κ2) is 10.1. The molecule has 2 rings (SSSR count). The van der Waals surface area contributed by atoms with Gasteiger partial charge in [-0.25, -0.2) is 9.36 Å². The average Bonchev–Trinajstić information content (AvgIpc) is 2.87. The summed E-state index contributed by atoms with van der Waals surface area (Å²) in [5.74, 6) is 2.70. The van der Waals surface area contributed by atoms with Crippen molar-refractivity contribution in [3.63, 3.8) is 0 Å². The van der Waals surface area contributed by atoms with Crippen LogP contribution < -0.4 is 11.4 Å². The van der Waals surface area contributed by atoms with Crippen LogP contribution in [0, 0.1) is 18.3 Å². The minimum absolute atomic E-state index is 0.0577. The molecule has 0 radical (unpaired) electrons. The number of rotatable bonds is 9. The molecule has 11 heteroatoms. The number of thiol groups is 1. The average molecular weight is 445 g/mol. The van der Waals surface area contributed by atoms with E-state index in [9.17, 15) is 9.36 Å². The molecule has 1 aromatic rings. The van der Waals surface area contributed by atoms with Crippen molar-refractivity contribution >= 4 is 24.9 Å². The first kappa shape index (κ1) is 23.9. The Kier molecular flexibility index (Phi) is 8.35. The number of hydrogen-bond acceptors (Lipinski definition) is 8. The fourth-order valence-electron chi connectivity index (χ4n) is 3.10. The van der Waals surface area contributed by atoms with Gasteiger partial charge in [0.25, 0.3) is 0 Å². The molecular weight excluding hydrogens is 417 g/mol. The van der Waals surface area contributed by atoms with Crippen molar-refractivity contribution < 1.29 is 23.1 Å². The fourth-order valence-corrected chi connectivity index (χ4v) is 5.14. The SMILES string of the molecule is C#CCOC1[C@@H](OP(=O)(S)OC(C)C)[C@@H](CC(C)C)O[C@H]1n1ccc(N)nc1=O. The summed E-state index contributed by atoms with van der Waals surface area (Å²) in [5.41, 5.74) is 4.97. The third-order valence-corrected chi connectivity index (χ3v) is 5.84. The highest BCUT2D eigenvalue weighted by Crippen LogP contribution is 2.57. The standard InChI is InChI=1S/C18H28N3O6PS/c1-6-9-24-16-15(27-28(23,29)26-12(4)5)13(10-11(2)3)25-17(16)21-8-7-14(19)20-18(21)22/h1,7-8,11-13,15-17H,9-10H2,2-5H3,(H,23,29)(H2,19,20,22)/t13-,15+,16?,17-,28?/m1/s1. The number of nitrogens with zero attached hydrogens (tertiary/aromatic N) is 2. The van der Waals surface area contributed by atoms with Gasteiger partial charge in [-0.05, 0) is 32.3 Å². The maximum absolute atomic E-state index is 12.8. The number of nitrogens with two attached hydrogens (primary N) is 1. The summed E-state index contributed by atoms with van der Waals surface area (Å²) in [6, 6.07) is 1.47. The summed E-state index contributed by atoms with van der Waals surface area (Å²) in [6.45, 7) is 3.67. The largest absolute Gasteiger partial charge is 0.386 e. The molecule has 1 fully saturated rings. The molecule has 2 N–H and O–H groups in total. The van der Waals surface area contributed by atoms with E-state index in [1.165, 1.54) is 16.8 Å². The van der Waals surface area contributed by atoms with E-state index >= 15 is 0 Å². The van der Waals surface area contributed by atoms with Crippen LogP contribution in [-0.2, 0) is 23.1 Å². The van der Waals surface area contributed by atoms with Crippen LogP contribution in [0.1, 0.15) is 40.3 Å². The highest BCUT2D eigenvalue weighted by atomic mass is 32.7. The zero-order valence-electron chi connectivity index (χ0n) is 16.9. The minimum atomic E-state index is -3.73. The molecule has 2 unspecified atom stereocenters. The van der Waals surface area contributed by atoms with Gasteiger partial charge in [-0.1, -0.05) is 32.0 Å². The first-order valence-electron chi connectivity index (χ1n) is 9.29. The van der Waals surface area contributed by atoms with Gasteiger partial charge in [-0.2, -0.15) is 4.98 Å². The van der Waals surface area contributed by atoms with Crippen LogP contribution in [-0.4, -0.2) is 40.6 Å². The Labute approximate surface area is 176 Å². The molecule has 1 saturated heterocycles. The molecule has 1 aliphatic rings. The Balaban J connectivity index is 2.42. The first-order chi connectivity index (χ1) is 13.5. The topological polar surface area (TPSA) is 115 Å². The van der Waals surface area contributed by atoms with Crippen molar-refractivity contribution in [2.75, 3.05) is 12.3 Å². The summed E-state index contributed by atoms with van der Waals surface area (Å²) in [5, 5.41) is 0. The maximum atomic E-state index is 12.8. The van der Waals surface area contributed by atoms with Gasteiger partial charge in [0.05, 0.1) is 12.2 Å². The number of ether oxygens (including phenoxy) is 2. The molecule has 29 heavy (non-hydrogen) atoms. The van der Waals surface area contributed by atoms with Gasteiger partial charge >= 0.3 is 12.5 Å². The molecule has 1 aromatic heterocycles. The third-order valence-electron chi connectivity index (χ3n) is 4.07. The van der Waals surface area contributed by atoms with Gasteiger partial charge in [-0.3, -0.25) is 13.6 Å². The lowest BCUT2D eigenvalue weighted by atomic mass is 10.0. The molecule has 162 valence electrons. The van der Waals surface area contributed by atoms with Crippen molar-refractivity contribution in [2.24, 2.45) is 5.92 Å². The van der Waals surface area contributed by atoms with Gasteiger partial charge in [0.1, 0.15) is 24.6 Å². The van der Waals surface area contributed by atoms with Crippen molar-refractivity contribution in [1.82, 2.24) is 9.55 Å². The lowest BCUT2D eigenvalue weighted by molar-refractivity contribution is -0.0630. The zero-order valence-corrected chi connectivity index (χ0v) is 18.7. The van der Waals surface area contributed by atoms with Gasteiger partial charge in [0.2, 0.25) is 0 Å². The van der Waals surface area contributed by atoms with Crippen LogP contribution in [0.4, 0.5) is 5.82 Å². The summed E-state index contributed by atoms with van der Waals surface area (Å²) in [7, 11) is 0. The summed E-state index contributed by atoms with van der Waals surface area (Å²) >= 11 is 4.08. The molecule has 0 saturated carbocycles. The first-order valence-corrected chi connectivity index (χ1v) is 12.0. The molecule has 0 aromatic carbocycles. The molecule has 2 heterocycles. The Morgan fingerprint density at radius 3 is 2.66 bits per heavy atom. The molecule has 0 spiro atoms. The van der Waals surface area contributed by atoms with E-state index < -0.39 is 37.0 Å². The Morgan fingerprint density at radius 1 is 1.41 bits per heavy atom. The van der Waals surface area contributed by atoms with Crippen molar-refractivity contribution in [2.45, 2.75) is 64.8 Å². The Hall–Kier alpha value is -1.34. The summed E-state index contributed by atoms with van der Waals surface area (Å²) in [6.07, 6.45) is 3.89. The predicted octanol–water partition coefficient (Wildman–Crippen LogP) is 2.64. The van der Waals surface area contributed by atoms with Crippen molar-refractivity contribution in [3.8, 4) is 12.3 Å². The molecular formula is C18H28N3O6PS. The molecule has 0 aliphatic carbocycles. The highest BCUT2D eigenvalue weighted by Gasteiger charge is 2.50. The number of nitrogen functional groups attached to an aromatic ring is 1. The number of terminal acetylenes is 1. The van der Waals surface area contributed by atoms with Gasteiger partial charge in [-0.15, -0.1) is 6.42 Å². The summed E-state index contributed by atoms with van der Waals surface area (Å²) < 4.78 is 37.0. The highest BCUT2D eigenvalue weighted by molar-refractivity contribution is 8.44. The molecule has 0 bridgehead atoms. The molecule has 5 atom stereocenters. The van der Waals surface area contributed by atoms with E-state index in [1.54, 1.807) is 13.8 Å². The second-order valence-corrected chi connectivity index (χ2v) is 10.2. The van der Waals surface area contributed by atoms with Crippen LogP contribution >= 0.6 is 19.0 Å². The van der Waals surface area contributed by atoms with E-state index in [0.29, 0.717) is 6.42 Å².